The monoisotopic (exact) mass is 210 g/mol. The molecule has 2 rings (SSSR count). The van der Waals surface area contributed by atoms with Gasteiger partial charge in [0.05, 0.1) is 20.5 Å². The number of aromatic nitrogens is 4. The molecule has 0 radical (unpaired) electrons. The molecule has 8 heteroatoms. The first kappa shape index (κ1) is 9.62. The van der Waals surface area contributed by atoms with Gasteiger partial charge in [-0.05, 0) is 0 Å². The van der Waals surface area contributed by atoms with Crippen molar-refractivity contribution in [3.8, 4) is 0 Å². The number of anilines is 2. The molecule has 0 atom stereocenters. The lowest BCUT2D eigenvalue weighted by Crippen LogP contribution is -2.22. The lowest BCUT2D eigenvalue weighted by Gasteiger charge is -2.15. The smallest absolute Gasteiger partial charge is 0.281 e. The Hall–Kier alpha value is -1.93. The van der Waals surface area contributed by atoms with Crippen molar-refractivity contribution in [2.24, 2.45) is 0 Å². The van der Waals surface area contributed by atoms with Crippen molar-refractivity contribution in [3.63, 3.8) is 0 Å². The van der Waals surface area contributed by atoms with Crippen LogP contribution in [0.15, 0.2) is 6.33 Å². The SMILES string of the molecule is CON(OC)c1nc(N)c2[nH]cnc2n1. The Kier molecular flexibility index (Phi) is 2.35. The van der Waals surface area contributed by atoms with Gasteiger partial charge in [0.1, 0.15) is 5.52 Å². The molecule has 3 N–H and O–H groups in total. The summed E-state index contributed by atoms with van der Waals surface area (Å²) in [5.74, 6) is 0.476. The van der Waals surface area contributed by atoms with Crippen LogP contribution in [0.2, 0.25) is 0 Å². The first-order valence-electron chi connectivity index (χ1n) is 4.11. The maximum atomic E-state index is 5.69. The van der Waals surface area contributed by atoms with Crippen molar-refractivity contribution in [3.05, 3.63) is 6.33 Å². The average molecular weight is 210 g/mol. The third kappa shape index (κ3) is 1.55. The molecular formula is C7H10N6O2. The van der Waals surface area contributed by atoms with Crippen molar-refractivity contribution in [1.82, 2.24) is 19.9 Å². The number of nitrogen functional groups attached to an aromatic ring is 1. The van der Waals surface area contributed by atoms with Crippen LogP contribution < -0.4 is 11.0 Å². The van der Waals surface area contributed by atoms with Crippen molar-refractivity contribution < 1.29 is 9.68 Å². The minimum Gasteiger partial charge on any atom is -0.382 e. The zero-order chi connectivity index (χ0) is 10.8. The second-order valence-corrected chi connectivity index (χ2v) is 2.63. The van der Waals surface area contributed by atoms with E-state index >= 15 is 0 Å². The maximum absolute atomic E-state index is 5.69. The Labute approximate surface area is 84.9 Å². The van der Waals surface area contributed by atoms with Gasteiger partial charge in [-0.2, -0.15) is 9.97 Å². The van der Waals surface area contributed by atoms with Crippen molar-refractivity contribution in [2.75, 3.05) is 25.2 Å². The van der Waals surface area contributed by atoms with E-state index in [1.807, 2.05) is 0 Å². The lowest BCUT2D eigenvalue weighted by molar-refractivity contribution is -0.0469. The largest absolute Gasteiger partial charge is 0.382 e. The molecule has 0 amide bonds. The predicted octanol–water partition coefficient (Wildman–Crippen LogP) is -0.136. The summed E-state index contributed by atoms with van der Waals surface area (Å²) >= 11 is 0. The highest BCUT2D eigenvalue weighted by Crippen LogP contribution is 2.17. The third-order valence-corrected chi connectivity index (χ3v) is 1.80. The number of imidazole rings is 1. The van der Waals surface area contributed by atoms with E-state index in [1.54, 1.807) is 0 Å². The highest BCUT2D eigenvalue weighted by atomic mass is 16.9. The Morgan fingerprint density at radius 2 is 2.07 bits per heavy atom. The van der Waals surface area contributed by atoms with Gasteiger partial charge < -0.3 is 10.7 Å². The van der Waals surface area contributed by atoms with Gasteiger partial charge in [0, 0.05) is 0 Å². The zero-order valence-electron chi connectivity index (χ0n) is 8.26. The normalized spacial score (nSPS) is 10.8. The summed E-state index contributed by atoms with van der Waals surface area (Å²) in [6.07, 6.45) is 1.49. The molecular weight excluding hydrogens is 200 g/mol. The van der Waals surface area contributed by atoms with Crippen LogP contribution >= 0.6 is 0 Å². The maximum Gasteiger partial charge on any atom is 0.281 e. The summed E-state index contributed by atoms with van der Waals surface area (Å²) in [7, 11) is 2.86. The summed E-state index contributed by atoms with van der Waals surface area (Å²) in [6.45, 7) is 0. The summed E-state index contributed by atoms with van der Waals surface area (Å²) in [5, 5.41) is 1.03. The Morgan fingerprint density at radius 3 is 2.73 bits per heavy atom. The summed E-state index contributed by atoms with van der Waals surface area (Å²) in [5.41, 5.74) is 6.73. The minimum atomic E-state index is 0.192. The molecule has 0 unspecified atom stereocenters. The van der Waals surface area contributed by atoms with E-state index in [1.165, 1.54) is 20.5 Å². The number of nitrogens with zero attached hydrogens (tertiary/aromatic N) is 4. The Bertz CT molecular complexity index is 465. The summed E-state index contributed by atoms with van der Waals surface area (Å²) < 4.78 is 0. The molecule has 15 heavy (non-hydrogen) atoms. The first-order chi connectivity index (χ1) is 7.26. The molecule has 80 valence electrons. The Morgan fingerprint density at radius 1 is 1.33 bits per heavy atom. The molecule has 2 aromatic rings. The van der Waals surface area contributed by atoms with Crippen LogP contribution in [-0.2, 0) is 9.68 Å². The van der Waals surface area contributed by atoms with Crippen LogP contribution in [0.25, 0.3) is 11.2 Å². The zero-order valence-corrected chi connectivity index (χ0v) is 8.26. The molecule has 0 aromatic carbocycles. The van der Waals surface area contributed by atoms with Gasteiger partial charge in [-0.3, -0.25) is 0 Å². The van der Waals surface area contributed by atoms with E-state index in [4.69, 9.17) is 15.4 Å². The van der Waals surface area contributed by atoms with Crippen LogP contribution in [0.4, 0.5) is 11.8 Å². The predicted molar refractivity (Wildman–Crippen MR) is 52.6 cm³/mol. The van der Waals surface area contributed by atoms with Crippen LogP contribution in [0.3, 0.4) is 0 Å². The second-order valence-electron chi connectivity index (χ2n) is 2.63. The number of aromatic amines is 1. The van der Waals surface area contributed by atoms with Gasteiger partial charge in [-0.25, -0.2) is 14.7 Å². The fourth-order valence-corrected chi connectivity index (χ4v) is 1.16. The van der Waals surface area contributed by atoms with Crippen LogP contribution in [0.1, 0.15) is 0 Å². The van der Waals surface area contributed by atoms with E-state index in [2.05, 4.69) is 19.9 Å². The van der Waals surface area contributed by atoms with Crippen LogP contribution in [0.5, 0.6) is 0 Å². The lowest BCUT2D eigenvalue weighted by atomic mass is 10.5. The molecule has 0 aliphatic carbocycles. The van der Waals surface area contributed by atoms with Gasteiger partial charge in [0.15, 0.2) is 11.5 Å². The molecule has 2 aromatic heterocycles. The summed E-state index contributed by atoms with van der Waals surface area (Å²) in [4.78, 5) is 24.6. The molecule has 8 nitrogen and oxygen atoms in total. The topological polar surface area (TPSA) is 102 Å². The number of rotatable bonds is 3. The highest BCUT2D eigenvalue weighted by molar-refractivity contribution is 5.82. The van der Waals surface area contributed by atoms with E-state index in [0.717, 1.165) is 5.23 Å². The molecule has 0 bridgehead atoms. The van der Waals surface area contributed by atoms with Gasteiger partial charge in [-0.15, -0.1) is 0 Å². The van der Waals surface area contributed by atoms with Crippen LogP contribution in [0, 0.1) is 0 Å². The van der Waals surface area contributed by atoms with E-state index in [0.29, 0.717) is 11.2 Å². The Balaban J connectivity index is 2.52. The molecule has 0 saturated carbocycles. The number of nitrogens with two attached hydrogens (primary N) is 1. The van der Waals surface area contributed by atoms with E-state index in [-0.39, 0.29) is 11.8 Å². The molecule has 0 aliphatic rings. The van der Waals surface area contributed by atoms with Gasteiger partial charge >= 0.3 is 0 Å². The van der Waals surface area contributed by atoms with E-state index < -0.39 is 0 Å². The van der Waals surface area contributed by atoms with Crippen molar-refractivity contribution in [1.29, 1.82) is 0 Å². The number of hydrogen-bond donors (Lipinski definition) is 2. The standard InChI is InChI=1S/C7H10N6O2/c1-14-13(15-2)7-11-5(8)4-6(12-7)10-3-9-4/h3H,1-2H3,(H3,8,9,10,11,12). The van der Waals surface area contributed by atoms with Gasteiger partial charge in [-0.1, -0.05) is 5.23 Å². The number of fused-ring (bicyclic) bond motifs is 1. The van der Waals surface area contributed by atoms with Gasteiger partial charge in [0.25, 0.3) is 5.95 Å². The molecule has 0 spiro atoms. The van der Waals surface area contributed by atoms with Crippen molar-refractivity contribution >= 4 is 22.9 Å². The van der Waals surface area contributed by atoms with E-state index in [9.17, 15) is 0 Å². The summed E-state index contributed by atoms with van der Waals surface area (Å²) in [6, 6.07) is 0. The fourth-order valence-electron chi connectivity index (χ4n) is 1.16. The van der Waals surface area contributed by atoms with Crippen molar-refractivity contribution in [2.45, 2.75) is 0 Å². The average Bonchev–Trinajstić information content (AvgIpc) is 2.68. The minimum absolute atomic E-state index is 0.192. The number of hydrogen-bond acceptors (Lipinski definition) is 7. The molecule has 0 fully saturated rings. The molecule has 2 heterocycles. The number of H-pyrrole nitrogens is 1. The number of nitrogens with one attached hydrogen (secondary N) is 1. The molecule has 0 aliphatic heterocycles. The van der Waals surface area contributed by atoms with Crippen LogP contribution in [-0.4, -0.2) is 34.2 Å². The molecule has 0 saturated heterocycles. The third-order valence-electron chi connectivity index (χ3n) is 1.80. The fraction of sp³-hybridized carbons (Fsp3) is 0.286. The quantitative estimate of drug-likeness (QED) is 0.680. The highest BCUT2D eigenvalue weighted by Gasteiger charge is 2.13. The second kappa shape index (κ2) is 3.67. The first-order valence-corrected chi connectivity index (χ1v) is 4.11. The van der Waals surface area contributed by atoms with Gasteiger partial charge in [0.2, 0.25) is 0 Å².